The maximum Gasteiger partial charge on any atom is 0.0406 e. The van der Waals surface area contributed by atoms with E-state index in [0.29, 0.717) is 11.8 Å². The molecule has 0 aromatic heterocycles. The van der Waals surface area contributed by atoms with Gasteiger partial charge in [-0.25, -0.2) is 0 Å². The summed E-state index contributed by atoms with van der Waals surface area (Å²) in [5, 5.41) is 1.61. The SMILES string of the molecule is C.CC(C)C[C@@H](N)C1(c2ccc(Cl)cc2)CCC1.CC(C)C[C@@H](N)C1(c2ccc(Cl)cc2)CCC1. The van der Waals surface area contributed by atoms with Gasteiger partial charge in [0, 0.05) is 33.0 Å². The Kier molecular flexibility index (Phi) is 11.2. The average Bonchev–Trinajstić information content (AvgIpc) is 2.68. The zero-order chi connectivity index (χ0) is 24.9. The highest BCUT2D eigenvalue weighted by atomic mass is 35.5. The van der Waals surface area contributed by atoms with Crippen LogP contribution in [0.3, 0.4) is 0 Å². The zero-order valence-electron chi connectivity index (χ0n) is 21.5. The van der Waals surface area contributed by atoms with E-state index in [-0.39, 0.29) is 30.3 Å². The molecule has 0 radical (unpaired) electrons. The Balaban J connectivity index is 0.000000240. The van der Waals surface area contributed by atoms with E-state index in [2.05, 4.69) is 52.0 Å². The van der Waals surface area contributed by atoms with Gasteiger partial charge in [0.2, 0.25) is 0 Å². The van der Waals surface area contributed by atoms with Crippen LogP contribution in [0.25, 0.3) is 0 Å². The van der Waals surface area contributed by atoms with Crippen molar-refractivity contribution in [3.63, 3.8) is 0 Å². The minimum absolute atomic E-state index is 0. The third-order valence-corrected chi connectivity index (χ3v) is 8.70. The van der Waals surface area contributed by atoms with Crippen molar-refractivity contribution in [2.24, 2.45) is 23.3 Å². The van der Waals surface area contributed by atoms with Gasteiger partial charge >= 0.3 is 0 Å². The average molecular weight is 520 g/mol. The fraction of sp³-hybridized carbons (Fsp3) is 0.613. The molecule has 35 heavy (non-hydrogen) atoms. The van der Waals surface area contributed by atoms with Crippen LogP contribution in [0.2, 0.25) is 10.0 Å². The molecule has 4 rings (SSSR count). The first-order valence-corrected chi connectivity index (χ1v) is 13.9. The van der Waals surface area contributed by atoms with E-state index >= 15 is 0 Å². The van der Waals surface area contributed by atoms with Gasteiger partial charge in [0.25, 0.3) is 0 Å². The maximum atomic E-state index is 6.45. The van der Waals surface area contributed by atoms with Gasteiger partial charge < -0.3 is 11.5 Å². The number of nitrogens with two attached hydrogens (primary N) is 2. The Hall–Kier alpha value is -1.06. The Morgan fingerprint density at radius 3 is 1.11 bits per heavy atom. The van der Waals surface area contributed by atoms with Gasteiger partial charge in [0.1, 0.15) is 0 Å². The van der Waals surface area contributed by atoms with Gasteiger partial charge in [-0.15, -0.1) is 0 Å². The lowest BCUT2D eigenvalue weighted by atomic mass is 9.59. The van der Waals surface area contributed by atoms with Crippen LogP contribution in [0.1, 0.15) is 97.6 Å². The Labute approximate surface area is 225 Å². The number of benzene rings is 2. The molecule has 0 saturated heterocycles. The highest BCUT2D eigenvalue weighted by Crippen LogP contribution is 2.48. The molecule has 2 atom stereocenters. The smallest absolute Gasteiger partial charge is 0.0406 e. The highest BCUT2D eigenvalue weighted by Gasteiger charge is 2.44. The minimum Gasteiger partial charge on any atom is -0.327 e. The molecule has 2 aromatic rings. The predicted octanol–water partition coefficient (Wildman–Crippen LogP) is 8.91. The molecule has 4 heteroatoms. The first-order valence-electron chi connectivity index (χ1n) is 13.1. The topological polar surface area (TPSA) is 52.0 Å². The van der Waals surface area contributed by atoms with Crippen molar-refractivity contribution in [1.29, 1.82) is 0 Å². The molecular weight excluding hydrogens is 471 g/mol. The molecule has 0 spiro atoms. The van der Waals surface area contributed by atoms with Gasteiger partial charge in [-0.2, -0.15) is 0 Å². The van der Waals surface area contributed by atoms with Gasteiger partial charge in [-0.1, -0.05) is 95.4 Å². The van der Waals surface area contributed by atoms with E-state index in [1.54, 1.807) is 0 Å². The Bertz CT molecular complexity index is 806. The Morgan fingerprint density at radius 1 is 0.629 bits per heavy atom. The number of halogens is 2. The van der Waals surface area contributed by atoms with Crippen molar-refractivity contribution < 1.29 is 0 Å². The lowest BCUT2D eigenvalue weighted by Gasteiger charge is -2.47. The molecule has 0 bridgehead atoms. The number of hydrogen-bond donors (Lipinski definition) is 2. The number of rotatable bonds is 8. The van der Waals surface area contributed by atoms with Gasteiger partial charge in [0.15, 0.2) is 0 Å². The minimum atomic E-state index is 0. The molecule has 4 N–H and O–H groups in total. The normalized spacial score (nSPS) is 19.5. The summed E-state index contributed by atoms with van der Waals surface area (Å²) in [6.07, 6.45) is 9.70. The second kappa shape index (κ2) is 13.0. The summed E-state index contributed by atoms with van der Waals surface area (Å²) in [7, 11) is 0. The summed E-state index contributed by atoms with van der Waals surface area (Å²) < 4.78 is 0. The molecule has 2 aliphatic rings. The molecule has 2 aliphatic carbocycles. The second-order valence-corrected chi connectivity index (χ2v) is 12.4. The zero-order valence-corrected chi connectivity index (χ0v) is 23.0. The third kappa shape index (κ3) is 7.04. The molecule has 2 fully saturated rings. The quantitative estimate of drug-likeness (QED) is 0.366. The van der Waals surface area contributed by atoms with Crippen molar-refractivity contribution in [2.45, 2.75) is 109 Å². The summed E-state index contributed by atoms with van der Waals surface area (Å²) >= 11 is 11.9. The van der Waals surface area contributed by atoms with E-state index in [9.17, 15) is 0 Å². The van der Waals surface area contributed by atoms with Crippen LogP contribution in [-0.2, 0) is 10.8 Å². The molecule has 2 nitrogen and oxygen atoms in total. The molecule has 0 aliphatic heterocycles. The van der Waals surface area contributed by atoms with E-state index < -0.39 is 0 Å². The standard InChI is InChI=1S/2C15H22ClN.CH4/c2*1-11(2)10-14(17)15(8-3-9-15)12-4-6-13(16)7-5-12;/h2*4-7,11,14H,3,8-10,17H2,1-2H3;1H4/t2*14-;/m11./s1. The lowest BCUT2D eigenvalue weighted by Crippen LogP contribution is -2.50. The van der Waals surface area contributed by atoms with Crippen LogP contribution in [0.5, 0.6) is 0 Å². The maximum absolute atomic E-state index is 6.45. The van der Waals surface area contributed by atoms with Crippen LogP contribution in [0.15, 0.2) is 48.5 Å². The van der Waals surface area contributed by atoms with E-state index in [4.69, 9.17) is 34.7 Å². The summed E-state index contributed by atoms with van der Waals surface area (Å²) in [4.78, 5) is 0. The second-order valence-electron chi connectivity index (χ2n) is 11.5. The first kappa shape index (κ1) is 30.2. The lowest BCUT2D eigenvalue weighted by molar-refractivity contribution is 0.178. The van der Waals surface area contributed by atoms with Crippen LogP contribution in [0, 0.1) is 11.8 Å². The fourth-order valence-corrected chi connectivity index (χ4v) is 6.14. The number of hydrogen-bond acceptors (Lipinski definition) is 2. The van der Waals surface area contributed by atoms with Crippen LogP contribution >= 0.6 is 23.2 Å². The Morgan fingerprint density at radius 2 is 0.914 bits per heavy atom. The monoisotopic (exact) mass is 518 g/mol. The summed E-state index contributed by atoms with van der Waals surface area (Å²) in [6.45, 7) is 8.98. The van der Waals surface area contributed by atoms with E-state index in [1.807, 2.05) is 24.3 Å². The summed E-state index contributed by atoms with van der Waals surface area (Å²) in [6, 6.07) is 17.1. The van der Waals surface area contributed by atoms with Crippen molar-refractivity contribution in [2.75, 3.05) is 0 Å². The molecule has 0 amide bonds. The van der Waals surface area contributed by atoms with Crippen molar-refractivity contribution in [3.05, 3.63) is 69.7 Å². The van der Waals surface area contributed by atoms with E-state index in [0.717, 1.165) is 22.9 Å². The van der Waals surface area contributed by atoms with Gasteiger partial charge in [-0.05, 0) is 85.8 Å². The fourth-order valence-electron chi connectivity index (χ4n) is 5.89. The first-order chi connectivity index (χ1) is 16.1. The molecular formula is C31H48Cl2N2. The van der Waals surface area contributed by atoms with E-state index in [1.165, 1.54) is 49.7 Å². The van der Waals surface area contributed by atoms with Gasteiger partial charge in [0.05, 0.1) is 0 Å². The molecule has 2 aromatic carbocycles. The third-order valence-electron chi connectivity index (χ3n) is 8.20. The molecule has 196 valence electrons. The van der Waals surface area contributed by atoms with Crippen LogP contribution in [0.4, 0.5) is 0 Å². The molecule has 2 saturated carbocycles. The van der Waals surface area contributed by atoms with Crippen molar-refractivity contribution >= 4 is 23.2 Å². The summed E-state index contributed by atoms with van der Waals surface area (Å²) in [5.41, 5.74) is 16.1. The largest absolute Gasteiger partial charge is 0.327 e. The highest BCUT2D eigenvalue weighted by molar-refractivity contribution is 6.30. The molecule has 0 heterocycles. The van der Waals surface area contributed by atoms with Gasteiger partial charge in [-0.3, -0.25) is 0 Å². The van der Waals surface area contributed by atoms with Crippen LogP contribution in [-0.4, -0.2) is 12.1 Å². The van der Waals surface area contributed by atoms with Crippen molar-refractivity contribution in [3.8, 4) is 0 Å². The summed E-state index contributed by atoms with van der Waals surface area (Å²) in [5.74, 6) is 1.32. The van der Waals surface area contributed by atoms with Crippen molar-refractivity contribution in [1.82, 2.24) is 0 Å². The molecule has 0 unspecified atom stereocenters. The van der Waals surface area contributed by atoms with Crippen LogP contribution < -0.4 is 11.5 Å². The predicted molar refractivity (Wildman–Crippen MR) is 156 cm³/mol.